The first-order chi connectivity index (χ1) is 5.66. The van der Waals surface area contributed by atoms with Crippen LogP contribution < -0.4 is 11.5 Å². The predicted molar refractivity (Wildman–Crippen MR) is 58.3 cm³/mol. The molecular weight excluding hydrogens is 168 g/mol. The summed E-state index contributed by atoms with van der Waals surface area (Å²) in [5.41, 5.74) is 11.4. The van der Waals surface area contributed by atoms with Crippen molar-refractivity contribution < 1.29 is 0 Å². The monoisotopic (exact) mass is 190 g/mol. The van der Waals surface area contributed by atoms with Crippen molar-refractivity contribution >= 4 is 12.6 Å². The van der Waals surface area contributed by atoms with Gasteiger partial charge < -0.3 is 11.5 Å². The molecule has 12 heavy (non-hydrogen) atoms. The Hall–Kier alpha value is 0.270. The van der Waals surface area contributed by atoms with Crippen LogP contribution in [0.25, 0.3) is 0 Å². The number of unbranched alkanes of at least 4 members (excludes halogenated alkanes) is 1. The molecule has 4 N–H and O–H groups in total. The minimum atomic E-state index is 0.0309. The lowest BCUT2D eigenvalue weighted by atomic mass is 10.0. The van der Waals surface area contributed by atoms with Gasteiger partial charge in [0.2, 0.25) is 0 Å². The Kier molecular flexibility index (Phi) is 8.07. The van der Waals surface area contributed by atoms with Crippen LogP contribution in [0, 0.1) is 0 Å². The summed E-state index contributed by atoms with van der Waals surface area (Å²) >= 11 is 4.11. The highest BCUT2D eigenvalue weighted by Gasteiger charge is 2.02. The maximum Gasteiger partial charge on any atom is 0.0477 e. The molecule has 2 unspecified atom stereocenters. The maximum absolute atomic E-state index is 5.88. The largest absolute Gasteiger partial charge is 0.328 e. The molecule has 0 aliphatic heterocycles. The molecule has 3 heteroatoms. The van der Waals surface area contributed by atoms with Crippen LogP contribution in [0.1, 0.15) is 45.4 Å². The Bertz CT molecular complexity index is 96.5. The van der Waals surface area contributed by atoms with Crippen LogP contribution in [-0.2, 0) is 0 Å². The molecule has 0 aliphatic carbocycles. The molecular formula is C9H22N2S. The van der Waals surface area contributed by atoms with Gasteiger partial charge in [-0.15, -0.1) is 0 Å². The number of thiol groups is 1. The topological polar surface area (TPSA) is 52.0 Å². The van der Waals surface area contributed by atoms with Crippen molar-refractivity contribution in [3.63, 3.8) is 0 Å². The molecule has 2 nitrogen and oxygen atoms in total. The van der Waals surface area contributed by atoms with E-state index < -0.39 is 0 Å². The molecule has 0 radical (unpaired) electrons. The zero-order valence-corrected chi connectivity index (χ0v) is 8.89. The van der Waals surface area contributed by atoms with Gasteiger partial charge in [-0.05, 0) is 25.7 Å². The molecule has 0 rings (SSSR count). The molecule has 0 fully saturated rings. The van der Waals surface area contributed by atoms with E-state index in [0.717, 1.165) is 25.7 Å². The first-order valence-corrected chi connectivity index (χ1v) is 5.37. The van der Waals surface area contributed by atoms with E-state index in [4.69, 9.17) is 11.5 Å². The van der Waals surface area contributed by atoms with Gasteiger partial charge in [0.1, 0.15) is 0 Å². The van der Waals surface area contributed by atoms with Gasteiger partial charge in [-0.25, -0.2) is 0 Å². The normalized spacial score (nSPS) is 16.0. The quantitative estimate of drug-likeness (QED) is 0.424. The second kappa shape index (κ2) is 7.90. The maximum atomic E-state index is 5.88. The molecule has 0 amide bonds. The number of rotatable bonds is 7. The van der Waals surface area contributed by atoms with Crippen molar-refractivity contribution in [2.75, 3.05) is 0 Å². The molecule has 0 saturated carbocycles. The van der Waals surface area contributed by atoms with E-state index in [9.17, 15) is 0 Å². The summed E-state index contributed by atoms with van der Waals surface area (Å²) in [6, 6.07) is 0.372. The van der Waals surface area contributed by atoms with Crippen LogP contribution >= 0.6 is 12.6 Å². The van der Waals surface area contributed by atoms with Crippen molar-refractivity contribution in [1.82, 2.24) is 0 Å². The van der Waals surface area contributed by atoms with Crippen molar-refractivity contribution in [3.05, 3.63) is 0 Å². The summed E-state index contributed by atoms with van der Waals surface area (Å²) in [6.07, 6.45) is 6.80. The Balaban J connectivity index is 3.13. The van der Waals surface area contributed by atoms with Crippen molar-refractivity contribution in [2.24, 2.45) is 11.5 Å². The standard InChI is InChI=1S/C9H22N2S/c1-2-3-5-8(10)6-4-7-9(11)12/h8-9,12H,2-7,10-11H2,1H3. The van der Waals surface area contributed by atoms with E-state index in [2.05, 4.69) is 19.6 Å². The lowest BCUT2D eigenvalue weighted by Crippen LogP contribution is -2.20. The van der Waals surface area contributed by atoms with E-state index >= 15 is 0 Å². The van der Waals surface area contributed by atoms with Crippen molar-refractivity contribution in [1.29, 1.82) is 0 Å². The van der Waals surface area contributed by atoms with E-state index in [-0.39, 0.29) is 5.37 Å². The van der Waals surface area contributed by atoms with Crippen LogP contribution in [0.4, 0.5) is 0 Å². The molecule has 0 aromatic heterocycles. The fourth-order valence-corrected chi connectivity index (χ4v) is 1.38. The summed E-state index contributed by atoms with van der Waals surface area (Å²) < 4.78 is 0. The zero-order valence-electron chi connectivity index (χ0n) is 8.00. The molecule has 0 spiro atoms. The first-order valence-electron chi connectivity index (χ1n) is 4.86. The molecule has 0 heterocycles. The van der Waals surface area contributed by atoms with Gasteiger partial charge in [0.25, 0.3) is 0 Å². The predicted octanol–water partition coefficient (Wildman–Crippen LogP) is 1.89. The van der Waals surface area contributed by atoms with Crippen LogP contribution in [-0.4, -0.2) is 11.4 Å². The third kappa shape index (κ3) is 8.37. The fraction of sp³-hybridized carbons (Fsp3) is 1.00. The summed E-state index contributed by atoms with van der Waals surface area (Å²) in [7, 11) is 0. The van der Waals surface area contributed by atoms with Gasteiger partial charge >= 0.3 is 0 Å². The van der Waals surface area contributed by atoms with E-state index in [0.29, 0.717) is 6.04 Å². The fourth-order valence-electron chi connectivity index (χ4n) is 1.20. The van der Waals surface area contributed by atoms with Crippen LogP contribution in [0.5, 0.6) is 0 Å². The smallest absolute Gasteiger partial charge is 0.0477 e. The van der Waals surface area contributed by atoms with Gasteiger partial charge in [0.15, 0.2) is 0 Å². The average Bonchev–Trinajstić information content (AvgIpc) is 2.00. The summed E-state index contributed by atoms with van der Waals surface area (Å²) in [5, 5.41) is 0.0309. The van der Waals surface area contributed by atoms with Gasteiger partial charge in [0, 0.05) is 11.4 Å². The highest BCUT2D eigenvalue weighted by atomic mass is 32.1. The Morgan fingerprint density at radius 3 is 2.17 bits per heavy atom. The molecule has 0 aliphatic rings. The van der Waals surface area contributed by atoms with Gasteiger partial charge in [-0.2, -0.15) is 12.6 Å². The van der Waals surface area contributed by atoms with E-state index in [1.54, 1.807) is 0 Å². The summed E-state index contributed by atoms with van der Waals surface area (Å²) in [4.78, 5) is 0. The third-order valence-corrected chi connectivity index (χ3v) is 2.26. The minimum Gasteiger partial charge on any atom is -0.328 e. The number of hydrogen-bond donors (Lipinski definition) is 3. The highest BCUT2D eigenvalue weighted by Crippen LogP contribution is 2.08. The average molecular weight is 190 g/mol. The van der Waals surface area contributed by atoms with Crippen molar-refractivity contribution in [3.8, 4) is 0 Å². The molecule has 0 aromatic carbocycles. The molecule has 0 bridgehead atoms. The van der Waals surface area contributed by atoms with E-state index in [1.807, 2.05) is 0 Å². The molecule has 0 aromatic rings. The SMILES string of the molecule is CCCCC(N)CCCC(N)S. The Morgan fingerprint density at radius 1 is 1.08 bits per heavy atom. The number of hydrogen-bond acceptors (Lipinski definition) is 3. The highest BCUT2D eigenvalue weighted by molar-refractivity contribution is 7.80. The summed E-state index contributed by atoms with van der Waals surface area (Å²) in [5.74, 6) is 0. The first kappa shape index (κ1) is 12.3. The lowest BCUT2D eigenvalue weighted by Gasteiger charge is -2.11. The minimum absolute atomic E-state index is 0.0309. The summed E-state index contributed by atoms with van der Waals surface area (Å²) in [6.45, 7) is 2.19. The van der Waals surface area contributed by atoms with Crippen LogP contribution in [0.2, 0.25) is 0 Å². The second-order valence-corrected chi connectivity index (χ2v) is 4.06. The van der Waals surface area contributed by atoms with E-state index in [1.165, 1.54) is 12.8 Å². The third-order valence-electron chi connectivity index (χ3n) is 2.00. The van der Waals surface area contributed by atoms with Crippen LogP contribution in [0.15, 0.2) is 0 Å². The Labute approximate surface area is 81.5 Å². The molecule has 74 valence electrons. The van der Waals surface area contributed by atoms with Gasteiger partial charge in [-0.1, -0.05) is 19.8 Å². The number of nitrogens with two attached hydrogens (primary N) is 2. The van der Waals surface area contributed by atoms with Gasteiger partial charge in [0.05, 0.1) is 0 Å². The molecule has 0 saturated heterocycles. The van der Waals surface area contributed by atoms with Gasteiger partial charge in [-0.3, -0.25) is 0 Å². The van der Waals surface area contributed by atoms with Crippen molar-refractivity contribution in [2.45, 2.75) is 56.9 Å². The zero-order chi connectivity index (χ0) is 9.40. The second-order valence-electron chi connectivity index (χ2n) is 3.40. The van der Waals surface area contributed by atoms with Crippen LogP contribution in [0.3, 0.4) is 0 Å². The lowest BCUT2D eigenvalue weighted by molar-refractivity contribution is 0.511. The Morgan fingerprint density at radius 2 is 1.67 bits per heavy atom. The molecule has 2 atom stereocenters.